The number of aromatic nitrogens is 5. The summed E-state index contributed by atoms with van der Waals surface area (Å²) < 4.78 is 19.1. The largest absolute Gasteiger partial charge is 0.545 e. The minimum Gasteiger partial charge on any atom is -0.545 e. The SMILES string of the molecule is CCc1cc(Nc2nc3c(ncn3CCCCN3CCN(c4cc5c(cc4F)c(=O)c(C(=O)[O-])cn5C4CC4)CC3)c(=O)[nH]2)ccc1C. The summed E-state index contributed by atoms with van der Waals surface area (Å²) in [6.07, 6.45) is 7.48. The fourth-order valence-electron chi connectivity index (χ4n) is 6.67. The van der Waals surface area contributed by atoms with Gasteiger partial charge in [-0.15, -0.1) is 0 Å². The number of nitrogens with zero attached hydrogens (tertiary/aromatic N) is 6. The maximum absolute atomic E-state index is 15.4. The highest BCUT2D eigenvalue weighted by Gasteiger charge is 2.27. The molecule has 3 aromatic heterocycles. The molecule has 0 unspecified atom stereocenters. The van der Waals surface area contributed by atoms with Crippen LogP contribution >= 0.6 is 0 Å². The number of unbranched alkanes of at least 4 members (excludes halogenated alkanes) is 1. The Bertz CT molecular complexity index is 2140. The van der Waals surface area contributed by atoms with Gasteiger partial charge in [-0.3, -0.25) is 19.5 Å². The van der Waals surface area contributed by atoms with E-state index in [2.05, 4.69) is 51.1 Å². The summed E-state index contributed by atoms with van der Waals surface area (Å²) >= 11 is 0. The fourth-order valence-corrected chi connectivity index (χ4v) is 6.67. The monoisotopic (exact) mass is 653 g/mol. The van der Waals surface area contributed by atoms with Crippen molar-refractivity contribution in [1.82, 2.24) is 29.0 Å². The van der Waals surface area contributed by atoms with Gasteiger partial charge in [0.15, 0.2) is 16.6 Å². The number of hydrogen-bond donors (Lipinski definition) is 2. The zero-order valence-corrected chi connectivity index (χ0v) is 27.1. The second kappa shape index (κ2) is 12.9. The Morgan fingerprint density at radius 2 is 1.85 bits per heavy atom. The molecule has 0 spiro atoms. The van der Waals surface area contributed by atoms with Crippen LogP contribution in [0.4, 0.5) is 21.7 Å². The lowest BCUT2D eigenvalue weighted by Crippen LogP contribution is -2.47. The second-order valence-electron chi connectivity index (χ2n) is 12.8. The van der Waals surface area contributed by atoms with Crippen LogP contribution in [-0.2, 0) is 13.0 Å². The fraction of sp³-hybridized carbons (Fsp3) is 0.400. The molecular weight excluding hydrogens is 615 g/mol. The number of carboxylic acids is 1. The third-order valence-corrected chi connectivity index (χ3v) is 9.56. The summed E-state index contributed by atoms with van der Waals surface area (Å²) in [5.74, 6) is -1.71. The van der Waals surface area contributed by atoms with E-state index in [0.29, 0.717) is 48.0 Å². The van der Waals surface area contributed by atoms with Crippen LogP contribution in [0.15, 0.2) is 52.4 Å². The van der Waals surface area contributed by atoms with Crippen LogP contribution in [0, 0.1) is 12.7 Å². The lowest BCUT2D eigenvalue weighted by molar-refractivity contribution is -0.255. The van der Waals surface area contributed by atoms with E-state index < -0.39 is 22.8 Å². The summed E-state index contributed by atoms with van der Waals surface area (Å²) in [6, 6.07) is 9.06. The van der Waals surface area contributed by atoms with Gasteiger partial charge in [-0.25, -0.2) is 9.37 Å². The molecule has 2 aromatic carbocycles. The van der Waals surface area contributed by atoms with Gasteiger partial charge in [-0.2, -0.15) is 4.98 Å². The Morgan fingerprint density at radius 1 is 1.08 bits per heavy atom. The van der Waals surface area contributed by atoms with Crippen molar-refractivity contribution < 1.29 is 14.3 Å². The van der Waals surface area contributed by atoms with E-state index in [1.807, 2.05) is 15.5 Å². The standard InChI is InChI=1S/C35H39FN8O4/c1-3-22-16-23(7-6-21(22)2)38-35-39-32-30(33(46)40-35)37-20-43(32)11-5-4-10-41-12-14-42(15-13-41)29-18-28-25(17-27(29)36)31(45)26(34(47)48)19-44(28)24-8-9-24/h6-7,16-20,24H,3-5,8-15H2,1-2H3,(H,47,48)(H2,38,39,40,46)/p-1. The number of carbonyl (C=O) groups is 1. The number of aromatic carboxylic acids is 1. The number of nitrogens with one attached hydrogen (secondary N) is 2. The Kier molecular flexibility index (Phi) is 8.46. The highest BCUT2D eigenvalue weighted by atomic mass is 19.1. The normalized spacial score (nSPS) is 15.4. The molecule has 0 atom stereocenters. The third kappa shape index (κ3) is 6.17. The molecule has 7 rings (SSSR count). The zero-order valence-electron chi connectivity index (χ0n) is 27.1. The summed E-state index contributed by atoms with van der Waals surface area (Å²) in [4.78, 5) is 53.2. The number of carboxylic acid groups (broad SMARTS) is 1. The minimum absolute atomic E-state index is 0.0679. The molecule has 250 valence electrons. The van der Waals surface area contributed by atoms with Gasteiger partial charge in [0.1, 0.15) is 5.82 Å². The quantitative estimate of drug-likeness (QED) is 0.205. The zero-order chi connectivity index (χ0) is 33.5. The van der Waals surface area contributed by atoms with E-state index in [0.717, 1.165) is 57.4 Å². The average molecular weight is 654 g/mol. The Labute approximate surface area is 275 Å². The number of aromatic amines is 1. The molecule has 2 N–H and O–H groups in total. The molecule has 1 saturated heterocycles. The number of H-pyrrole nitrogens is 1. The topological polar surface area (TPSA) is 144 Å². The number of pyridine rings is 1. The molecule has 5 aromatic rings. The van der Waals surface area contributed by atoms with Gasteiger partial charge in [0.2, 0.25) is 5.95 Å². The average Bonchev–Trinajstić information content (AvgIpc) is 3.84. The molecule has 0 amide bonds. The van der Waals surface area contributed by atoms with Crippen LogP contribution < -0.4 is 26.3 Å². The van der Waals surface area contributed by atoms with Gasteiger partial charge >= 0.3 is 0 Å². The van der Waals surface area contributed by atoms with Crippen LogP contribution in [-0.4, -0.2) is 67.7 Å². The number of carbonyl (C=O) groups excluding carboxylic acids is 1. The van der Waals surface area contributed by atoms with Gasteiger partial charge in [0.25, 0.3) is 5.56 Å². The number of piperazine rings is 1. The number of benzene rings is 2. The first-order valence-corrected chi connectivity index (χ1v) is 16.6. The molecule has 0 bridgehead atoms. The Morgan fingerprint density at radius 3 is 2.58 bits per heavy atom. The lowest BCUT2D eigenvalue weighted by atomic mass is 10.1. The van der Waals surface area contributed by atoms with Crippen molar-refractivity contribution in [3.05, 3.63) is 85.9 Å². The van der Waals surface area contributed by atoms with Crippen molar-refractivity contribution in [3.63, 3.8) is 0 Å². The van der Waals surface area contributed by atoms with Crippen molar-refractivity contribution in [3.8, 4) is 0 Å². The summed E-state index contributed by atoms with van der Waals surface area (Å²) in [5.41, 5.74) is 3.70. The molecule has 1 saturated carbocycles. The van der Waals surface area contributed by atoms with Gasteiger partial charge in [-0.05, 0) is 81.0 Å². The molecule has 1 aliphatic carbocycles. The van der Waals surface area contributed by atoms with Crippen LogP contribution in [0.1, 0.15) is 60.1 Å². The van der Waals surface area contributed by atoms with Crippen molar-refractivity contribution in [2.24, 2.45) is 0 Å². The van der Waals surface area contributed by atoms with Gasteiger partial charge in [0, 0.05) is 56.0 Å². The van der Waals surface area contributed by atoms with Crippen LogP contribution in [0.25, 0.3) is 22.1 Å². The highest BCUT2D eigenvalue weighted by molar-refractivity contribution is 5.92. The van der Waals surface area contributed by atoms with E-state index in [1.54, 1.807) is 17.0 Å². The predicted molar refractivity (Wildman–Crippen MR) is 181 cm³/mol. The molecule has 4 heterocycles. The Balaban J connectivity index is 0.964. The van der Waals surface area contributed by atoms with Crippen LogP contribution in [0.5, 0.6) is 0 Å². The second-order valence-corrected chi connectivity index (χ2v) is 12.8. The molecule has 2 aliphatic rings. The summed E-state index contributed by atoms with van der Waals surface area (Å²) in [5, 5.41) is 14.8. The molecule has 2 fully saturated rings. The van der Waals surface area contributed by atoms with Gasteiger partial charge in [-0.1, -0.05) is 13.0 Å². The van der Waals surface area contributed by atoms with Crippen LogP contribution in [0.3, 0.4) is 0 Å². The maximum Gasteiger partial charge on any atom is 0.280 e. The number of hydrogen-bond acceptors (Lipinski definition) is 9. The summed E-state index contributed by atoms with van der Waals surface area (Å²) in [7, 11) is 0. The first-order valence-electron chi connectivity index (χ1n) is 16.6. The van der Waals surface area contributed by atoms with Gasteiger partial charge in [0.05, 0.1) is 29.1 Å². The first kappa shape index (κ1) is 31.6. The van der Waals surface area contributed by atoms with E-state index in [9.17, 15) is 19.5 Å². The van der Waals surface area contributed by atoms with Gasteiger partial charge < -0.3 is 29.3 Å². The molecule has 0 radical (unpaired) electrons. The number of anilines is 3. The molecule has 13 heteroatoms. The van der Waals surface area contributed by atoms with Crippen molar-refractivity contribution >= 4 is 45.4 Å². The lowest BCUT2D eigenvalue weighted by Gasteiger charge is -2.36. The molecular formula is C35H38FN8O4-. The van der Waals surface area contributed by atoms with Crippen molar-refractivity contribution in [2.45, 2.75) is 58.5 Å². The summed E-state index contributed by atoms with van der Waals surface area (Å²) in [6.45, 7) is 8.51. The molecule has 12 nitrogen and oxygen atoms in total. The minimum atomic E-state index is -1.55. The van der Waals surface area contributed by atoms with Crippen molar-refractivity contribution in [1.29, 1.82) is 0 Å². The number of imidazole rings is 1. The third-order valence-electron chi connectivity index (χ3n) is 9.56. The van der Waals surface area contributed by atoms with Crippen LogP contribution in [0.2, 0.25) is 0 Å². The number of rotatable bonds is 11. The first-order chi connectivity index (χ1) is 23.2. The predicted octanol–water partition coefficient (Wildman–Crippen LogP) is 3.49. The molecule has 48 heavy (non-hydrogen) atoms. The molecule has 1 aliphatic heterocycles. The maximum atomic E-state index is 15.4. The van der Waals surface area contributed by atoms with Crippen molar-refractivity contribution in [2.75, 3.05) is 42.9 Å². The Hall–Kier alpha value is -5.04. The number of halogens is 1. The van der Waals surface area contributed by atoms with E-state index >= 15 is 4.39 Å². The van der Waals surface area contributed by atoms with E-state index in [1.165, 1.54) is 23.4 Å². The highest BCUT2D eigenvalue weighted by Crippen LogP contribution is 2.38. The smallest absolute Gasteiger partial charge is 0.280 e. The number of fused-ring (bicyclic) bond motifs is 2. The number of aryl methyl sites for hydroxylation is 3. The van der Waals surface area contributed by atoms with E-state index in [-0.39, 0.29) is 17.0 Å². The van der Waals surface area contributed by atoms with E-state index in [4.69, 9.17) is 0 Å².